The molecule has 0 fully saturated rings. The lowest BCUT2D eigenvalue weighted by Crippen LogP contribution is -1.97. The summed E-state index contributed by atoms with van der Waals surface area (Å²) in [5.74, 6) is -0.00655. The van der Waals surface area contributed by atoms with Crippen LogP contribution in [0.15, 0.2) is 36.7 Å². The third-order valence-corrected chi connectivity index (χ3v) is 1.95. The summed E-state index contributed by atoms with van der Waals surface area (Å²) >= 11 is 0. The molecule has 2 rings (SSSR count). The second-order valence-electron chi connectivity index (χ2n) is 3.21. The Kier molecular flexibility index (Phi) is 2.87. The van der Waals surface area contributed by atoms with Crippen molar-refractivity contribution in [2.75, 3.05) is 5.73 Å². The summed E-state index contributed by atoms with van der Waals surface area (Å²) in [6, 6.07) is 5.96. The molecule has 86 valence electrons. The van der Waals surface area contributed by atoms with Gasteiger partial charge in [0.1, 0.15) is 11.6 Å². The average molecular weight is 231 g/mol. The first kappa shape index (κ1) is 10.9. The van der Waals surface area contributed by atoms with E-state index < -0.39 is 5.97 Å². The highest BCUT2D eigenvalue weighted by atomic mass is 16.5. The van der Waals surface area contributed by atoms with Crippen molar-refractivity contribution >= 4 is 11.8 Å². The number of hydrogen-bond acceptors (Lipinski definition) is 5. The van der Waals surface area contributed by atoms with E-state index in [4.69, 9.17) is 15.6 Å². The van der Waals surface area contributed by atoms with Gasteiger partial charge < -0.3 is 15.6 Å². The molecule has 0 spiro atoms. The van der Waals surface area contributed by atoms with Gasteiger partial charge >= 0.3 is 5.97 Å². The summed E-state index contributed by atoms with van der Waals surface area (Å²) in [7, 11) is 0. The molecule has 1 aromatic carbocycles. The number of nitrogens with two attached hydrogens (primary N) is 1. The predicted octanol–water partition coefficient (Wildman–Crippen LogP) is 1.55. The van der Waals surface area contributed by atoms with Gasteiger partial charge in [-0.2, -0.15) is 4.98 Å². The molecule has 0 aliphatic rings. The van der Waals surface area contributed by atoms with Crippen molar-refractivity contribution in [3.63, 3.8) is 0 Å². The summed E-state index contributed by atoms with van der Waals surface area (Å²) in [6.07, 6.45) is 2.82. The van der Waals surface area contributed by atoms with Gasteiger partial charge in [-0.05, 0) is 24.3 Å². The summed E-state index contributed by atoms with van der Waals surface area (Å²) in [6.45, 7) is 0. The summed E-state index contributed by atoms with van der Waals surface area (Å²) in [4.78, 5) is 18.4. The minimum atomic E-state index is -0.986. The number of carboxylic acid groups (broad SMARTS) is 1. The van der Waals surface area contributed by atoms with Gasteiger partial charge in [0.25, 0.3) is 0 Å². The molecule has 0 atom stereocenters. The molecule has 0 unspecified atom stereocenters. The molecule has 3 N–H and O–H groups in total. The van der Waals surface area contributed by atoms with Crippen LogP contribution >= 0.6 is 0 Å². The van der Waals surface area contributed by atoms with Crippen LogP contribution in [0.4, 0.5) is 5.82 Å². The Labute approximate surface area is 96.7 Å². The Hall–Kier alpha value is -2.63. The van der Waals surface area contributed by atoms with E-state index in [9.17, 15) is 4.79 Å². The third-order valence-electron chi connectivity index (χ3n) is 1.95. The number of aromatic nitrogens is 2. The molecule has 0 aliphatic carbocycles. The monoisotopic (exact) mass is 231 g/mol. The largest absolute Gasteiger partial charge is 0.478 e. The maximum Gasteiger partial charge on any atom is 0.335 e. The minimum Gasteiger partial charge on any atom is -0.478 e. The molecular weight excluding hydrogens is 222 g/mol. The van der Waals surface area contributed by atoms with E-state index in [0.717, 1.165) is 0 Å². The van der Waals surface area contributed by atoms with E-state index in [-0.39, 0.29) is 17.3 Å². The summed E-state index contributed by atoms with van der Waals surface area (Å²) < 4.78 is 5.35. The highest BCUT2D eigenvalue weighted by Gasteiger charge is 2.03. The van der Waals surface area contributed by atoms with Crippen molar-refractivity contribution in [1.29, 1.82) is 0 Å². The number of hydrogen-bond donors (Lipinski definition) is 2. The Balaban J connectivity index is 2.16. The standard InChI is InChI=1S/C11H9N3O3/c12-9-5-13-6-10(14-9)17-8-3-1-7(2-4-8)11(15)16/h1-6H,(H2,12,14)(H,15,16). The quantitative estimate of drug-likeness (QED) is 0.831. The number of benzene rings is 1. The Morgan fingerprint density at radius 3 is 2.53 bits per heavy atom. The Morgan fingerprint density at radius 2 is 1.94 bits per heavy atom. The molecule has 0 amide bonds. The fraction of sp³-hybridized carbons (Fsp3) is 0. The van der Waals surface area contributed by atoms with Crippen LogP contribution in [0.2, 0.25) is 0 Å². The van der Waals surface area contributed by atoms with Crippen LogP contribution in [-0.4, -0.2) is 21.0 Å². The second-order valence-corrected chi connectivity index (χ2v) is 3.21. The topological polar surface area (TPSA) is 98.3 Å². The lowest BCUT2D eigenvalue weighted by Gasteiger charge is -2.04. The number of nitrogen functional groups attached to an aromatic ring is 1. The normalized spacial score (nSPS) is 9.88. The van der Waals surface area contributed by atoms with Crippen LogP contribution in [-0.2, 0) is 0 Å². The van der Waals surface area contributed by atoms with Crippen molar-refractivity contribution in [3.8, 4) is 11.6 Å². The van der Waals surface area contributed by atoms with Gasteiger partial charge in [-0.25, -0.2) is 4.79 Å². The molecule has 2 aromatic rings. The van der Waals surface area contributed by atoms with E-state index in [1.807, 2.05) is 0 Å². The second kappa shape index (κ2) is 4.48. The molecular formula is C11H9N3O3. The molecule has 0 bridgehead atoms. The smallest absolute Gasteiger partial charge is 0.335 e. The molecule has 6 heteroatoms. The van der Waals surface area contributed by atoms with E-state index in [2.05, 4.69) is 9.97 Å². The number of ether oxygens (including phenoxy) is 1. The van der Waals surface area contributed by atoms with Gasteiger partial charge in [0.2, 0.25) is 5.88 Å². The minimum absolute atomic E-state index is 0.191. The zero-order valence-corrected chi connectivity index (χ0v) is 8.70. The molecule has 1 aromatic heterocycles. The third kappa shape index (κ3) is 2.69. The van der Waals surface area contributed by atoms with E-state index in [1.54, 1.807) is 0 Å². The summed E-state index contributed by atoms with van der Waals surface area (Å²) in [5.41, 5.74) is 5.64. The van der Waals surface area contributed by atoms with Gasteiger partial charge in [-0.1, -0.05) is 0 Å². The SMILES string of the molecule is Nc1cncc(Oc2ccc(C(=O)O)cc2)n1. The first-order valence-corrected chi connectivity index (χ1v) is 4.74. The molecule has 6 nitrogen and oxygen atoms in total. The number of carbonyl (C=O) groups is 1. The summed E-state index contributed by atoms with van der Waals surface area (Å²) in [5, 5.41) is 8.72. The zero-order valence-electron chi connectivity index (χ0n) is 8.70. The van der Waals surface area contributed by atoms with E-state index in [1.165, 1.54) is 36.7 Å². The van der Waals surface area contributed by atoms with Gasteiger partial charge in [0, 0.05) is 0 Å². The molecule has 0 saturated heterocycles. The molecule has 1 heterocycles. The number of aromatic carboxylic acids is 1. The van der Waals surface area contributed by atoms with Crippen LogP contribution in [0.25, 0.3) is 0 Å². The maximum absolute atomic E-state index is 10.6. The van der Waals surface area contributed by atoms with Crippen molar-refractivity contribution in [3.05, 3.63) is 42.2 Å². The Bertz CT molecular complexity index is 540. The van der Waals surface area contributed by atoms with Crippen LogP contribution in [0.3, 0.4) is 0 Å². The lowest BCUT2D eigenvalue weighted by atomic mass is 10.2. The van der Waals surface area contributed by atoms with Gasteiger partial charge in [0.05, 0.1) is 18.0 Å². The van der Waals surface area contributed by atoms with Crippen molar-refractivity contribution in [1.82, 2.24) is 9.97 Å². The van der Waals surface area contributed by atoms with Crippen LogP contribution < -0.4 is 10.5 Å². The first-order valence-electron chi connectivity index (χ1n) is 4.74. The molecule has 0 aliphatic heterocycles. The highest BCUT2D eigenvalue weighted by Crippen LogP contribution is 2.19. The Morgan fingerprint density at radius 1 is 1.24 bits per heavy atom. The number of anilines is 1. The molecule has 0 saturated carbocycles. The fourth-order valence-corrected chi connectivity index (χ4v) is 1.20. The van der Waals surface area contributed by atoms with Crippen LogP contribution in [0.5, 0.6) is 11.6 Å². The van der Waals surface area contributed by atoms with Gasteiger partial charge in [-0.15, -0.1) is 0 Å². The average Bonchev–Trinajstić information content (AvgIpc) is 2.29. The van der Waals surface area contributed by atoms with E-state index >= 15 is 0 Å². The lowest BCUT2D eigenvalue weighted by molar-refractivity contribution is 0.0697. The van der Waals surface area contributed by atoms with Crippen molar-refractivity contribution in [2.24, 2.45) is 0 Å². The van der Waals surface area contributed by atoms with Crippen LogP contribution in [0.1, 0.15) is 10.4 Å². The number of carboxylic acids is 1. The van der Waals surface area contributed by atoms with Crippen molar-refractivity contribution < 1.29 is 14.6 Å². The predicted molar refractivity (Wildman–Crippen MR) is 59.9 cm³/mol. The first-order chi connectivity index (χ1) is 8.15. The van der Waals surface area contributed by atoms with Crippen LogP contribution in [0, 0.1) is 0 Å². The highest BCUT2D eigenvalue weighted by molar-refractivity contribution is 5.87. The number of rotatable bonds is 3. The molecule has 17 heavy (non-hydrogen) atoms. The zero-order chi connectivity index (χ0) is 12.3. The molecule has 0 radical (unpaired) electrons. The fourth-order valence-electron chi connectivity index (χ4n) is 1.20. The van der Waals surface area contributed by atoms with Crippen molar-refractivity contribution in [2.45, 2.75) is 0 Å². The van der Waals surface area contributed by atoms with E-state index in [0.29, 0.717) is 5.75 Å². The number of nitrogens with zero attached hydrogens (tertiary/aromatic N) is 2. The van der Waals surface area contributed by atoms with Gasteiger partial charge in [0.15, 0.2) is 0 Å². The maximum atomic E-state index is 10.6. The van der Waals surface area contributed by atoms with Gasteiger partial charge in [-0.3, -0.25) is 4.98 Å².